The molecule has 1 rings (SSSR count). The molecule has 2 N–H and O–H groups in total. The molecule has 1 saturated heterocycles. The lowest BCUT2D eigenvalue weighted by Crippen LogP contribution is -2.52. The van der Waals surface area contributed by atoms with Crippen LogP contribution in [0.5, 0.6) is 0 Å². The van der Waals surface area contributed by atoms with E-state index in [0.29, 0.717) is 11.5 Å². The molecule has 1 aliphatic heterocycles. The van der Waals surface area contributed by atoms with E-state index in [4.69, 9.17) is 22.7 Å². The van der Waals surface area contributed by atoms with E-state index in [1.54, 1.807) is 14.0 Å². The molecular formula is C10H19N3O2S. The Hall–Kier alpha value is -0.720. The van der Waals surface area contributed by atoms with Gasteiger partial charge >= 0.3 is 0 Å². The quantitative estimate of drug-likeness (QED) is 0.674. The monoisotopic (exact) mass is 245 g/mol. The van der Waals surface area contributed by atoms with Crippen LogP contribution >= 0.6 is 12.2 Å². The molecule has 0 aliphatic carbocycles. The van der Waals surface area contributed by atoms with Gasteiger partial charge in [-0.3, -0.25) is 9.69 Å². The zero-order valence-corrected chi connectivity index (χ0v) is 10.6. The Morgan fingerprint density at radius 2 is 2.00 bits per heavy atom. The van der Waals surface area contributed by atoms with Gasteiger partial charge in [-0.2, -0.15) is 0 Å². The number of piperazine rings is 1. The molecule has 5 nitrogen and oxygen atoms in total. The Morgan fingerprint density at radius 1 is 1.44 bits per heavy atom. The smallest absolute Gasteiger partial charge is 0.251 e. The summed E-state index contributed by atoms with van der Waals surface area (Å²) in [5, 5.41) is 0. The van der Waals surface area contributed by atoms with Crippen molar-refractivity contribution in [2.24, 2.45) is 5.73 Å². The van der Waals surface area contributed by atoms with Crippen molar-refractivity contribution in [3.8, 4) is 0 Å². The number of nitrogens with two attached hydrogens (primary N) is 1. The Bertz CT molecular complexity index is 265. The van der Waals surface area contributed by atoms with Crippen molar-refractivity contribution in [2.45, 2.75) is 13.0 Å². The van der Waals surface area contributed by atoms with Crippen LogP contribution in [0.25, 0.3) is 0 Å². The minimum absolute atomic E-state index is 0.0532. The summed E-state index contributed by atoms with van der Waals surface area (Å²) in [4.78, 5) is 16.3. The Balaban J connectivity index is 2.37. The second-order valence-electron chi connectivity index (χ2n) is 3.95. The zero-order valence-electron chi connectivity index (χ0n) is 9.81. The standard InChI is InChI=1S/C10H19N3O2S/c1-8(15-2)10(14)13-5-3-12(4-6-13)7-9(11)16/h8H,3-7H2,1-2H3,(H2,11,16). The fourth-order valence-electron chi connectivity index (χ4n) is 1.70. The molecule has 1 atom stereocenters. The highest BCUT2D eigenvalue weighted by Crippen LogP contribution is 2.05. The number of hydrogen-bond acceptors (Lipinski definition) is 4. The van der Waals surface area contributed by atoms with Crippen molar-refractivity contribution in [3.05, 3.63) is 0 Å². The number of rotatable bonds is 4. The predicted octanol–water partition coefficient (Wildman–Crippen LogP) is -0.548. The highest BCUT2D eigenvalue weighted by atomic mass is 32.1. The van der Waals surface area contributed by atoms with E-state index < -0.39 is 0 Å². The second-order valence-corrected chi connectivity index (χ2v) is 4.47. The van der Waals surface area contributed by atoms with Crippen LogP contribution in [0.3, 0.4) is 0 Å². The molecule has 0 aromatic heterocycles. The summed E-state index contributed by atoms with van der Waals surface area (Å²) in [5.74, 6) is 0.0532. The van der Waals surface area contributed by atoms with Crippen LogP contribution in [0.2, 0.25) is 0 Å². The normalized spacial score (nSPS) is 19.5. The molecule has 0 bridgehead atoms. The zero-order chi connectivity index (χ0) is 12.1. The van der Waals surface area contributed by atoms with Crippen molar-refractivity contribution in [3.63, 3.8) is 0 Å². The maximum atomic E-state index is 11.8. The minimum atomic E-state index is -0.359. The van der Waals surface area contributed by atoms with Crippen LogP contribution in [0, 0.1) is 0 Å². The fraction of sp³-hybridized carbons (Fsp3) is 0.800. The fourth-order valence-corrected chi connectivity index (χ4v) is 1.89. The first-order valence-corrected chi connectivity index (χ1v) is 5.77. The van der Waals surface area contributed by atoms with E-state index >= 15 is 0 Å². The first-order chi connectivity index (χ1) is 7.54. The van der Waals surface area contributed by atoms with E-state index in [0.717, 1.165) is 26.2 Å². The van der Waals surface area contributed by atoms with E-state index in [9.17, 15) is 4.79 Å². The lowest BCUT2D eigenvalue weighted by Gasteiger charge is -2.35. The lowest BCUT2D eigenvalue weighted by atomic mass is 10.2. The summed E-state index contributed by atoms with van der Waals surface area (Å²) >= 11 is 4.85. The molecule has 6 heteroatoms. The van der Waals surface area contributed by atoms with Crippen LogP contribution in [-0.2, 0) is 9.53 Å². The Morgan fingerprint density at radius 3 is 2.44 bits per heavy atom. The third kappa shape index (κ3) is 3.70. The van der Waals surface area contributed by atoms with Gasteiger partial charge < -0.3 is 15.4 Å². The molecule has 1 unspecified atom stereocenters. The summed E-state index contributed by atoms with van der Waals surface area (Å²) in [6.07, 6.45) is -0.359. The van der Waals surface area contributed by atoms with E-state index in [1.807, 2.05) is 4.90 Å². The van der Waals surface area contributed by atoms with Gasteiger partial charge in [-0.1, -0.05) is 12.2 Å². The first-order valence-electron chi connectivity index (χ1n) is 5.37. The number of carbonyl (C=O) groups excluding carboxylic acids is 1. The van der Waals surface area contributed by atoms with Crippen molar-refractivity contribution in [1.29, 1.82) is 0 Å². The highest BCUT2D eigenvalue weighted by Gasteiger charge is 2.24. The summed E-state index contributed by atoms with van der Waals surface area (Å²) in [6, 6.07) is 0. The highest BCUT2D eigenvalue weighted by molar-refractivity contribution is 7.80. The van der Waals surface area contributed by atoms with Crippen molar-refractivity contribution >= 4 is 23.1 Å². The molecule has 1 heterocycles. The second kappa shape index (κ2) is 6.12. The minimum Gasteiger partial charge on any atom is -0.392 e. The van der Waals surface area contributed by atoms with Gasteiger partial charge in [0, 0.05) is 39.8 Å². The van der Waals surface area contributed by atoms with Gasteiger partial charge in [-0.15, -0.1) is 0 Å². The Labute approximate surface area is 102 Å². The molecule has 0 saturated carbocycles. The van der Waals surface area contributed by atoms with Crippen LogP contribution < -0.4 is 5.73 Å². The van der Waals surface area contributed by atoms with Crippen molar-refractivity contribution in [2.75, 3.05) is 39.8 Å². The van der Waals surface area contributed by atoms with Crippen LogP contribution in [-0.4, -0.2) is 66.6 Å². The van der Waals surface area contributed by atoms with Crippen molar-refractivity contribution in [1.82, 2.24) is 9.80 Å². The molecule has 1 fully saturated rings. The Kier molecular flexibility index (Phi) is 5.11. The number of ether oxygens (including phenoxy) is 1. The van der Waals surface area contributed by atoms with Gasteiger partial charge in [0.25, 0.3) is 5.91 Å². The predicted molar refractivity (Wildman–Crippen MR) is 66.3 cm³/mol. The maximum absolute atomic E-state index is 11.8. The number of nitrogens with zero attached hydrogens (tertiary/aromatic N) is 2. The lowest BCUT2D eigenvalue weighted by molar-refractivity contribution is -0.142. The third-order valence-electron chi connectivity index (χ3n) is 2.76. The molecule has 1 amide bonds. The number of methoxy groups -OCH3 is 1. The molecule has 0 aromatic carbocycles. The molecule has 0 spiro atoms. The molecule has 16 heavy (non-hydrogen) atoms. The van der Waals surface area contributed by atoms with Gasteiger partial charge in [0.15, 0.2) is 0 Å². The largest absolute Gasteiger partial charge is 0.392 e. The SMILES string of the molecule is COC(C)C(=O)N1CCN(CC(N)=S)CC1. The van der Waals surface area contributed by atoms with Crippen LogP contribution in [0.1, 0.15) is 6.92 Å². The molecule has 0 aromatic rings. The van der Waals surface area contributed by atoms with Gasteiger partial charge in [0.2, 0.25) is 0 Å². The average molecular weight is 245 g/mol. The number of hydrogen-bond donors (Lipinski definition) is 1. The molecule has 92 valence electrons. The number of thiocarbonyl (C=S) groups is 1. The molecule has 1 aliphatic rings. The van der Waals surface area contributed by atoms with Gasteiger partial charge in [-0.25, -0.2) is 0 Å². The third-order valence-corrected chi connectivity index (χ3v) is 2.89. The first kappa shape index (κ1) is 13.3. The molecular weight excluding hydrogens is 226 g/mol. The van der Waals surface area contributed by atoms with E-state index in [-0.39, 0.29) is 12.0 Å². The van der Waals surface area contributed by atoms with Crippen molar-refractivity contribution < 1.29 is 9.53 Å². The van der Waals surface area contributed by atoms with E-state index in [1.165, 1.54) is 0 Å². The maximum Gasteiger partial charge on any atom is 0.251 e. The summed E-state index contributed by atoms with van der Waals surface area (Å²) in [6.45, 7) is 5.48. The van der Waals surface area contributed by atoms with Crippen LogP contribution in [0.4, 0.5) is 0 Å². The number of carbonyl (C=O) groups is 1. The topological polar surface area (TPSA) is 58.8 Å². The molecule has 0 radical (unpaired) electrons. The van der Waals surface area contributed by atoms with Gasteiger partial charge in [0.05, 0.1) is 4.99 Å². The summed E-state index contributed by atoms with van der Waals surface area (Å²) in [7, 11) is 1.55. The van der Waals surface area contributed by atoms with Gasteiger partial charge in [-0.05, 0) is 6.92 Å². The summed E-state index contributed by atoms with van der Waals surface area (Å²) in [5.41, 5.74) is 5.48. The number of amides is 1. The van der Waals surface area contributed by atoms with Crippen LogP contribution in [0.15, 0.2) is 0 Å². The van der Waals surface area contributed by atoms with E-state index in [2.05, 4.69) is 4.90 Å². The van der Waals surface area contributed by atoms with Gasteiger partial charge in [0.1, 0.15) is 6.10 Å². The summed E-state index contributed by atoms with van der Waals surface area (Å²) < 4.78 is 5.01. The average Bonchev–Trinajstić information content (AvgIpc) is 2.27.